The zero-order valence-corrected chi connectivity index (χ0v) is 16.5. The highest BCUT2D eigenvalue weighted by Crippen LogP contribution is 2.12. The summed E-state index contributed by atoms with van der Waals surface area (Å²) in [5.74, 6) is -0.0499. The molecule has 0 radical (unpaired) electrons. The fourth-order valence-electron chi connectivity index (χ4n) is 2.82. The quantitative estimate of drug-likeness (QED) is 0.523. The van der Waals surface area contributed by atoms with Gasteiger partial charge in [0.05, 0.1) is 0 Å². The van der Waals surface area contributed by atoms with Crippen molar-refractivity contribution in [3.63, 3.8) is 0 Å². The van der Waals surface area contributed by atoms with Crippen LogP contribution in [0.1, 0.15) is 25.3 Å². The van der Waals surface area contributed by atoms with Gasteiger partial charge in [-0.1, -0.05) is 48.5 Å². The molecule has 28 heavy (non-hydrogen) atoms. The fraction of sp³-hybridized carbons (Fsp3) is 0.364. The average molecular weight is 383 g/mol. The summed E-state index contributed by atoms with van der Waals surface area (Å²) in [7, 11) is 0. The van der Waals surface area contributed by atoms with Crippen LogP contribution in [0.3, 0.4) is 0 Å². The molecule has 0 aromatic heterocycles. The second kappa shape index (κ2) is 12.4. The molecule has 0 heterocycles. The van der Waals surface area contributed by atoms with Crippen LogP contribution >= 0.6 is 0 Å². The highest BCUT2D eigenvalue weighted by atomic mass is 16.2. The number of rotatable bonds is 11. The summed E-state index contributed by atoms with van der Waals surface area (Å²) in [6.45, 7) is 5.36. The molecule has 6 heteroatoms. The Morgan fingerprint density at radius 1 is 0.857 bits per heavy atom. The molecule has 3 amide bonds. The molecule has 150 valence electrons. The number of hydrogen-bond acceptors (Lipinski definition) is 3. The van der Waals surface area contributed by atoms with Crippen molar-refractivity contribution in [2.24, 2.45) is 0 Å². The van der Waals surface area contributed by atoms with Gasteiger partial charge in [-0.3, -0.25) is 4.79 Å². The molecule has 6 nitrogen and oxygen atoms in total. The predicted octanol–water partition coefficient (Wildman–Crippen LogP) is 2.91. The van der Waals surface area contributed by atoms with Crippen LogP contribution < -0.4 is 20.9 Å². The third-order valence-corrected chi connectivity index (χ3v) is 4.36. The van der Waals surface area contributed by atoms with E-state index in [4.69, 9.17) is 0 Å². The Morgan fingerprint density at radius 2 is 1.54 bits per heavy atom. The van der Waals surface area contributed by atoms with Crippen molar-refractivity contribution in [2.75, 3.05) is 31.1 Å². The zero-order chi connectivity index (χ0) is 20.0. The maximum absolute atomic E-state index is 11.9. The van der Waals surface area contributed by atoms with E-state index in [-0.39, 0.29) is 18.4 Å². The van der Waals surface area contributed by atoms with Crippen molar-refractivity contribution in [2.45, 2.75) is 26.3 Å². The minimum absolute atomic E-state index is 0.0499. The third kappa shape index (κ3) is 8.12. The van der Waals surface area contributed by atoms with Gasteiger partial charge in [0.2, 0.25) is 5.91 Å². The predicted molar refractivity (Wildman–Crippen MR) is 113 cm³/mol. The number of para-hydroxylation sites is 1. The lowest BCUT2D eigenvalue weighted by molar-refractivity contribution is -0.120. The summed E-state index contributed by atoms with van der Waals surface area (Å²) in [6, 6.07) is 19.7. The summed E-state index contributed by atoms with van der Waals surface area (Å²) in [5.41, 5.74) is 2.23. The smallest absolute Gasteiger partial charge is 0.315 e. The number of amides is 3. The van der Waals surface area contributed by atoms with Crippen LogP contribution in [0.5, 0.6) is 0 Å². The lowest BCUT2D eigenvalue weighted by Gasteiger charge is -2.23. The summed E-state index contributed by atoms with van der Waals surface area (Å²) in [6.07, 6.45) is 1.15. The van der Waals surface area contributed by atoms with Crippen LogP contribution in [-0.2, 0) is 11.3 Å². The Balaban J connectivity index is 1.53. The highest BCUT2D eigenvalue weighted by molar-refractivity contribution is 5.78. The van der Waals surface area contributed by atoms with Gasteiger partial charge < -0.3 is 20.9 Å². The van der Waals surface area contributed by atoms with Gasteiger partial charge in [-0.2, -0.15) is 0 Å². The van der Waals surface area contributed by atoms with Crippen LogP contribution in [-0.4, -0.2) is 38.1 Å². The van der Waals surface area contributed by atoms with Crippen LogP contribution in [0.4, 0.5) is 10.5 Å². The molecule has 0 unspecified atom stereocenters. The molecule has 2 rings (SSSR count). The molecule has 0 spiro atoms. The second-order valence-electron chi connectivity index (χ2n) is 6.46. The van der Waals surface area contributed by atoms with E-state index < -0.39 is 0 Å². The maximum Gasteiger partial charge on any atom is 0.315 e. The number of nitrogens with zero attached hydrogens (tertiary/aromatic N) is 1. The highest BCUT2D eigenvalue weighted by Gasteiger charge is 2.05. The lowest BCUT2D eigenvalue weighted by atomic mass is 10.2. The molecule has 0 atom stereocenters. The van der Waals surface area contributed by atoms with Gasteiger partial charge in [0.25, 0.3) is 0 Å². The van der Waals surface area contributed by atoms with Gasteiger partial charge in [0, 0.05) is 44.8 Å². The van der Waals surface area contributed by atoms with Crippen LogP contribution in [0.15, 0.2) is 60.7 Å². The fourth-order valence-corrected chi connectivity index (χ4v) is 2.82. The van der Waals surface area contributed by atoms with Crippen molar-refractivity contribution in [3.05, 3.63) is 66.2 Å². The lowest BCUT2D eigenvalue weighted by Crippen LogP contribution is -2.37. The van der Waals surface area contributed by atoms with Gasteiger partial charge in [-0.25, -0.2) is 4.79 Å². The number of carbonyl (C=O) groups is 2. The van der Waals surface area contributed by atoms with Gasteiger partial charge in [-0.15, -0.1) is 0 Å². The van der Waals surface area contributed by atoms with Crippen molar-refractivity contribution < 1.29 is 9.59 Å². The van der Waals surface area contributed by atoms with Crippen molar-refractivity contribution >= 4 is 17.6 Å². The first kappa shape index (κ1) is 21.3. The summed E-state index contributed by atoms with van der Waals surface area (Å²) in [5, 5.41) is 8.38. The van der Waals surface area contributed by atoms with E-state index >= 15 is 0 Å². The van der Waals surface area contributed by atoms with Crippen LogP contribution in [0.25, 0.3) is 0 Å². The average Bonchev–Trinajstić information content (AvgIpc) is 2.74. The molecule has 0 aliphatic rings. The Morgan fingerprint density at radius 3 is 2.21 bits per heavy atom. The van der Waals surface area contributed by atoms with Crippen molar-refractivity contribution in [1.82, 2.24) is 16.0 Å². The number of urea groups is 1. The number of carbonyl (C=O) groups excluding carboxylic acids is 2. The van der Waals surface area contributed by atoms with Gasteiger partial charge in [-0.05, 0) is 31.0 Å². The number of benzene rings is 2. The Bertz CT molecular complexity index is 707. The Labute approximate surface area is 167 Å². The Hall–Kier alpha value is -3.02. The maximum atomic E-state index is 11.9. The van der Waals surface area contributed by atoms with E-state index in [1.165, 1.54) is 5.69 Å². The first-order valence-corrected chi connectivity index (χ1v) is 9.81. The summed E-state index contributed by atoms with van der Waals surface area (Å²) in [4.78, 5) is 25.9. The number of hydrogen-bond donors (Lipinski definition) is 3. The first-order chi connectivity index (χ1) is 13.7. The van der Waals surface area contributed by atoms with Gasteiger partial charge in [0.1, 0.15) is 0 Å². The van der Waals surface area contributed by atoms with E-state index in [9.17, 15) is 9.59 Å². The molecule has 3 N–H and O–H groups in total. The molecular weight excluding hydrogens is 352 g/mol. The van der Waals surface area contributed by atoms with Crippen LogP contribution in [0.2, 0.25) is 0 Å². The SMILES string of the molecule is CCN(CCCNC(=O)CCNC(=O)NCc1ccccc1)c1ccccc1. The normalized spacial score (nSPS) is 10.2. The Kier molecular flexibility index (Phi) is 9.41. The van der Waals surface area contributed by atoms with E-state index in [1.54, 1.807) is 0 Å². The van der Waals surface area contributed by atoms with Gasteiger partial charge in [0.15, 0.2) is 0 Å². The molecule has 0 saturated carbocycles. The minimum Gasteiger partial charge on any atom is -0.372 e. The monoisotopic (exact) mass is 382 g/mol. The summed E-state index contributed by atoms with van der Waals surface area (Å²) < 4.78 is 0. The molecule has 0 aliphatic heterocycles. The molecule has 0 fully saturated rings. The topological polar surface area (TPSA) is 73.5 Å². The molecule has 2 aromatic carbocycles. The number of anilines is 1. The standard InChI is InChI=1S/C22H30N4O2/c1-2-26(20-12-7-4-8-13-20)17-9-15-23-21(27)14-16-24-22(28)25-18-19-10-5-3-6-11-19/h3-8,10-13H,2,9,14-18H2,1H3,(H,23,27)(H2,24,25,28). The molecule has 0 aliphatic carbocycles. The van der Waals surface area contributed by atoms with Gasteiger partial charge >= 0.3 is 6.03 Å². The first-order valence-electron chi connectivity index (χ1n) is 9.81. The van der Waals surface area contributed by atoms with Crippen molar-refractivity contribution in [3.8, 4) is 0 Å². The third-order valence-electron chi connectivity index (χ3n) is 4.36. The molecular formula is C22H30N4O2. The van der Waals surface area contributed by atoms with Crippen LogP contribution in [0, 0.1) is 0 Å². The van der Waals surface area contributed by atoms with E-state index in [1.807, 2.05) is 48.5 Å². The summed E-state index contributed by atoms with van der Waals surface area (Å²) >= 11 is 0. The van der Waals surface area contributed by atoms with E-state index in [0.29, 0.717) is 19.6 Å². The molecule has 2 aromatic rings. The van der Waals surface area contributed by atoms with E-state index in [0.717, 1.165) is 25.1 Å². The van der Waals surface area contributed by atoms with Crippen molar-refractivity contribution in [1.29, 1.82) is 0 Å². The second-order valence-corrected chi connectivity index (χ2v) is 6.46. The zero-order valence-electron chi connectivity index (χ0n) is 16.5. The molecule has 0 saturated heterocycles. The molecule has 0 bridgehead atoms. The largest absolute Gasteiger partial charge is 0.372 e. The number of nitrogens with one attached hydrogen (secondary N) is 3. The van der Waals surface area contributed by atoms with E-state index in [2.05, 4.69) is 39.9 Å². The minimum atomic E-state index is -0.266.